The largest absolute Gasteiger partial charge is 0.241 e. The van der Waals surface area contributed by atoms with Crippen LogP contribution >= 0.6 is 0 Å². The number of benzene rings is 3. The average Bonchev–Trinajstić information content (AvgIpc) is 2.67. The number of nitrogens with one attached hydrogen (secondary N) is 1. The van der Waals surface area contributed by atoms with E-state index < -0.39 is 16.1 Å². The van der Waals surface area contributed by atoms with Crippen LogP contribution in [0.3, 0.4) is 0 Å². The second-order valence-corrected chi connectivity index (χ2v) is 7.63. The maximum Gasteiger partial charge on any atom is 0.241 e. The number of aryl methyl sites for hydroxylation is 1. The van der Waals surface area contributed by atoms with Gasteiger partial charge in [0.15, 0.2) is 0 Å². The molecule has 3 aromatic carbocycles. The summed E-state index contributed by atoms with van der Waals surface area (Å²) in [4.78, 5) is 0.221. The van der Waals surface area contributed by atoms with Crippen molar-refractivity contribution in [3.63, 3.8) is 0 Å². The monoisotopic (exact) mass is 361 g/mol. The van der Waals surface area contributed by atoms with Crippen molar-refractivity contribution in [2.75, 3.05) is 0 Å². The van der Waals surface area contributed by atoms with Gasteiger partial charge in [-0.15, -0.1) is 0 Å². The molecule has 0 saturated heterocycles. The minimum atomic E-state index is -3.67. The van der Waals surface area contributed by atoms with Gasteiger partial charge >= 0.3 is 0 Å². The van der Waals surface area contributed by atoms with Crippen LogP contribution in [0, 0.1) is 18.8 Å². The van der Waals surface area contributed by atoms with Crippen molar-refractivity contribution in [2.24, 2.45) is 0 Å². The molecule has 0 bridgehead atoms. The zero-order valence-corrected chi connectivity index (χ0v) is 15.2. The molecule has 0 aromatic heterocycles. The maximum absolute atomic E-state index is 12.7. The van der Waals surface area contributed by atoms with Crippen LogP contribution in [0.2, 0.25) is 0 Å². The predicted octanol–water partition coefficient (Wildman–Crippen LogP) is 4.07. The summed E-state index contributed by atoms with van der Waals surface area (Å²) in [5, 5.41) is 0. The topological polar surface area (TPSA) is 46.2 Å². The lowest BCUT2D eigenvalue weighted by atomic mass is 10.1. The molecule has 3 aromatic rings. The molecule has 0 heterocycles. The van der Waals surface area contributed by atoms with Gasteiger partial charge in [-0.3, -0.25) is 0 Å². The van der Waals surface area contributed by atoms with Gasteiger partial charge in [0.05, 0.1) is 4.90 Å². The molecular weight excluding hydrogens is 342 g/mol. The van der Waals surface area contributed by atoms with Crippen molar-refractivity contribution in [1.29, 1.82) is 0 Å². The zero-order valence-electron chi connectivity index (χ0n) is 14.4. The van der Waals surface area contributed by atoms with Crippen LogP contribution in [0.4, 0.5) is 0 Å². The summed E-state index contributed by atoms with van der Waals surface area (Å²) < 4.78 is 28.1. The standard InChI is InChI=1S/C22H19NO2S/c1-18-12-15-20(16-13-18)22(17-14-19-8-4-2-5-9-19)23-26(24,25)21-10-6-3-7-11-21/h2-13,15-16,22-23H,1H3. The van der Waals surface area contributed by atoms with E-state index in [2.05, 4.69) is 16.6 Å². The van der Waals surface area contributed by atoms with Crippen molar-refractivity contribution in [2.45, 2.75) is 17.9 Å². The molecule has 0 aliphatic carbocycles. The second kappa shape index (κ2) is 8.01. The summed E-state index contributed by atoms with van der Waals surface area (Å²) >= 11 is 0. The smallest absolute Gasteiger partial charge is 0.207 e. The van der Waals surface area contributed by atoms with E-state index in [9.17, 15) is 8.42 Å². The van der Waals surface area contributed by atoms with Crippen molar-refractivity contribution < 1.29 is 8.42 Å². The van der Waals surface area contributed by atoms with Crippen molar-refractivity contribution >= 4 is 10.0 Å². The van der Waals surface area contributed by atoms with E-state index in [-0.39, 0.29) is 4.90 Å². The van der Waals surface area contributed by atoms with Crippen LogP contribution in [-0.4, -0.2) is 8.42 Å². The third-order valence-corrected chi connectivity index (χ3v) is 5.31. The van der Waals surface area contributed by atoms with Gasteiger partial charge in [-0.1, -0.05) is 78.1 Å². The molecule has 0 spiro atoms. The molecule has 0 aliphatic heterocycles. The molecule has 0 amide bonds. The second-order valence-electron chi connectivity index (χ2n) is 5.91. The highest BCUT2D eigenvalue weighted by atomic mass is 32.2. The summed E-state index contributed by atoms with van der Waals surface area (Å²) in [5.41, 5.74) is 2.75. The van der Waals surface area contributed by atoms with E-state index in [1.807, 2.05) is 61.5 Å². The summed E-state index contributed by atoms with van der Waals surface area (Å²) in [5.74, 6) is 6.11. The maximum atomic E-state index is 12.7. The molecule has 1 unspecified atom stereocenters. The van der Waals surface area contributed by atoms with E-state index in [0.717, 1.165) is 16.7 Å². The molecule has 0 fully saturated rings. The fourth-order valence-corrected chi connectivity index (χ4v) is 3.60. The van der Waals surface area contributed by atoms with Gasteiger partial charge in [0.2, 0.25) is 10.0 Å². The van der Waals surface area contributed by atoms with Gasteiger partial charge in [-0.25, -0.2) is 8.42 Å². The van der Waals surface area contributed by atoms with E-state index >= 15 is 0 Å². The number of rotatable bonds is 4. The minimum Gasteiger partial charge on any atom is -0.207 e. The highest BCUT2D eigenvalue weighted by molar-refractivity contribution is 7.89. The van der Waals surface area contributed by atoms with Gasteiger partial charge in [-0.2, -0.15) is 4.72 Å². The molecule has 3 nitrogen and oxygen atoms in total. The van der Waals surface area contributed by atoms with E-state index in [1.165, 1.54) is 0 Å². The summed E-state index contributed by atoms with van der Waals surface area (Å²) in [6.07, 6.45) is 0. The van der Waals surface area contributed by atoms with Crippen LogP contribution < -0.4 is 4.72 Å². The van der Waals surface area contributed by atoms with Crippen LogP contribution in [0.15, 0.2) is 89.8 Å². The van der Waals surface area contributed by atoms with Crippen molar-refractivity contribution in [1.82, 2.24) is 4.72 Å². The lowest BCUT2D eigenvalue weighted by Gasteiger charge is -2.14. The Kier molecular flexibility index (Phi) is 5.52. The van der Waals surface area contributed by atoms with Crippen molar-refractivity contribution in [3.05, 3.63) is 102 Å². The Morgan fingerprint density at radius 1 is 0.808 bits per heavy atom. The Labute approximate surface area is 154 Å². The summed E-state index contributed by atoms with van der Waals surface area (Å²) in [6.45, 7) is 1.99. The highest BCUT2D eigenvalue weighted by Crippen LogP contribution is 2.18. The normalized spacial score (nSPS) is 12.0. The summed E-state index contributed by atoms with van der Waals surface area (Å²) in [6, 6.07) is 24.9. The molecule has 26 heavy (non-hydrogen) atoms. The fraction of sp³-hybridized carbons (Fsp3) is 0.0909. The quantitative estimate of drug-likeness (QED) is 0.712. The number of hydrogen-bond acceptors (Lipinski definition) is 2. The van der Waals surface area contributed by atoms with Crippen LogP contribution in [0.5, 0.6) is 0 Å². The Morgan fingerprint density at radius 2 is 1.38 bits per heavy atom. The molecule has 3 rings (SSSR count). The molecule has 1 atom stereocenters. The van der Waals surface area contributed by atoms with E-state index in [4.69, 9.17) is 0 Å². The molecule has 4 heteroatoms. The zero-order chi connectivity index (χ0) is 18.4. The minimum absolute atomic E-state index is 0.221. The van der Waals surface area contributed by atoms with Gasteiger partial charge in [0.1, 0.15) is 6.04 Å². The van der Waals surface area contributed by atoms with Gasteiger partial charge in [0.25, 0.3) is 0 Å². The summed E-state index contributed by atoms with van der Waals surface area (Å²) in [7, 11) is -3.67. The van der Waals surface area contributed by atoms with Gasteiger partial charge in [0, 0.05) is 5.56 Å². The number of sulfonamides is 1. The molecule has 0 saturated carbocycles. The van der Waals surface area contributed by atoms with Crippen LogP contribution in [0.1, 0.15) is 22.7 Å². The molecule has 0 aliphatic rings. The third kappa shape index (κ3) is 4.60. The Morgan fingerprint density at radius 3 is 2.00 bits per heavy atom. The Bertz CT molecular complexity index is 1020. The molecule has 0 radical (unpaired) electrons. The number of hydrogen-bond donors (Lipinski definition) is 1. The first kappa shape index (κ1) is 17.9. The average molecular weight is 361 g/mol. The van der Waals surface area contributed by atoms with E-state index in [0.29, 0.717) is 0 Å². The highest BCUT2D eigenvalue weighted by Gasteiger charge is 2.19. The Hall–Kier alpha value is -2.87. The molecule has 1 N–H and O–H groups in total. The SMILES string of the molecule is Cc1ccc(C(C#Cc2ccccc2)NS(=O)(=O)c2ccccc2)cc1. The Balaban J connectivity index is 1.96. The lowest BCUT2D eigenvalue weighted by Crippen LogP contribution is -2.28. The van der Waals surface area contributed by atoms with Crippen LogP contribution in [0.25, 0.3) is 0 Å². The van der Waals surface area contributed by atoms with Crippen molar-refractivity contribution in [3.8, 4) is 11.8 Å². The lowest BCUT2D eigenvalue weighted by molar-refractivity contribution is 0.576. The first-order chi connectivity index (χ1) is 12.5. The van der Waals surface area contributed by atoms with E-state index in [1.54, 1.807) is 30.3 Å². The predicted molar refractivity (Wildman–Crippen MR) is 104 cm³/mol. The first-order valence-electron chi connectivity index (χ1n) is 8.25. The van der Waals surface area contributed by atoms with Gasteiger partial charge < -0.3 is 0 Å². The van der Waals surface area contributed by atoms with Crippen LogP contribution in [-0.2, 0) is 10.0 Å². The molecular formula is C22H19NO2S. The molecule has 130 valence electrons. The fourth-order valence-electron chi connectivity index (χ4n) is 2.44. The third-order valence-electron chi connectivity index (χ3n) is 3.87. The first-order valence-corrected chi connectivity index (χ1v) is 9.73. The van der Waals surface area contributed by atoms with Gasteiger partial charge in [-0.05, 0) is 36.8 Å².